The smallest absolute Gasteiger partial charge is 0.326 e. The highest BCUT2D eigenvalue weighted by atomic mass is 16.1. The summed E-state index contributed by atoms with van der Waals surface area (Å²) in [7, 11) is 0. The van der Waals surface area contributed by atoms with E-state index in [9.17, 15) is 4.79 Å². The van der Waals surface area contributed by atoms with Gasteiger partial charge in [0.25, 0.3) is 0 Å². The van der Waals surface area contributed by atoms with E-state index >= 15 is 0 Å². The van der Waals surface area contributed by atoms with Crippen molar-refractivity contribution in [2.45, 2.75) is 53.5 Å². The highest BCUT2D eigenvalue weighted by molar-refractivity contribution is 5.89. The second kappa shape index (κ2) is 10.7. The fourth-order valence-corrected chi connectivity index (χ4v) is 4.93. The summed E-state index contributed by atoms with van der Waals surface area (Å²) in [5.41, 5.74) is 12.3. The van der Waals surface area contributed by atoms with Crippen LogP contribution in [0.2, 0.25) is 0 Å². The number of nitrogens with two attached hydrogens (primary N) is 1. The number of aromatic nitrogens is 4. The first-order valence-electron chi connectivity index (χ1n) is 12.4. The Hall–Kier alpha value is -3.67. The molecule has 2 aromatic carbocycles. The molecule has 3 N–H and O–H groups in total. The molecule has 5 rings (SSSR count). The average Bonchev–Trinajstić information content (AvgIpc) is 3.14. The maximum absolute atomic E-state index is 12.5. The molecule has 0 unspecified atom stereocenters. The zero-order valence-corrected chi connectivity index (χ0v) is 21.1. The van der Waals surface area contributed by atoms with Crippen LogP contribution in [0, 0.1) is 18.8 Å². The molecule has 4 aromatic rings. The fraction of sp³-hybridized carbons (Fsp3) is 0.345. The van der Waals surface area contributed by atoms with Crippen LogP contribution in [-0.2, 0) is 6.54 Å². The van der Waals surface area contributed by atoms with Gasteiger partial charge in [-0.15, -0.1) is 0 Å². The normalized spacial score (nSPS) is 17.5. The molecule has 35 heavy (non-hydrogen) atoms. The summed E-state index contributed by atoms with van der Waals surface area (Å²) in [6, 6.07) is 15.8. The molecule has 0 saturated heterocycles. The quantitative estimate of drug-likeness (QED) is 0.378. The molecule has 2 aromatic heterocycles. The molecule has 6 heteroatoms. The molecule has 0 bridgehead atoms. The van der Waals surface area contributed by atoms with Crippen molar-refractivity contribution >= 4 is 22.4 Å². The Morgan fingerprint density at radius 3 is 2.51 bits per heavy atom. The summed E-state index contributed by atoms with van der Waals surface area (Å²) in [4.78, 5) is 23.9. The Kier molecular flexibility index (Phi) is 7.49. The van der Waals surface area contributed by atoms with Crippen molar-refractivity contribution in [1.82, 2.24) is 19.5 Å². The predicted octanol–water partition coefficient (Wildman–Crippen LogP) is 5.95. The van der Waals surface area contributed by atoms with E-state index in [4.69, 9.17) is 5.73 Å². The van der Waals surface area contributed by atoms with E-state index in [1.165, 1.54) is 25.6 Å². The van der Waals surface area contributed by atoms with Crippen LogP contribution in [0.15, 0.2) is 65.7 Å². The minimum absolute atomic E-state index is 0.128. The van der Waals surface area contributed by atoms with Crippen LogP contribution in [0.3, 0.4) is 0 Å². The Labute approximate surface area is 206 Å². The average molecular weight is 470 g/mol. The first-order chi connectivity index (χ1) is 16.9. The number of hydrogen-bond donors (Lipinski definition) is 2. The largest absolute Gasteiger partial charge is 0.383 e. The van der Waals surface area contributed by atoms with Gasteiger partial charge in [0.2, 0.25) is 0 Å². The second-order valence-electron chi connectivity index (χ2n) is 9.51. The first-order valence-corrected chi connectivity index (χ1v) is 12.4. The molecular weight excluding hydrogens is 434 g/mol. The van der Waals surface area contributed by atoms with Gasteiger partial charge < -0.3 is 10.7 Å². The predicted molar refractivity (Wildman–Crippen MR) is 144 cm³/mol. The maximum atomic E-state index is 12.5. The van der Waals surface area contributed by atoms with Gasteiger partial charge in [0, 0.05) is 5.56 Å². The number of imidazole rings is 1. The Morgan fingerprint density at radius 2 is 1.91 bits per heavy atom. The molecule has 0 radical (unpaired) electrons. The van der Waals surface area contributed by atoms with E-state index in [1.54, 1.807) is 4.57 Å². The number of aromatic amines is 1. The standard InChI is InChI=1S/C22H21N5O.C7H14/c1-3-17(20-14(2)24-13-25-21(20)23)16-9-10-18-19(11-16)27(22(28)26-18)12-15-7-5-4-6-8-15;1-3-7-4-6(2)5-7/h3-11,13H,12H2,1-2H3,(H,26,28)(H2,23,24,25);6-7H,3-5H2,1-2H3/b17-3-;. The van der Waals surface area contributed by atoms with E-state index in [1.807, 2.05) is 68.5 Å². The van der Waals surface area contributed by atoms with Crippen LogP contribution in [0.1, 0.15) is 62.4 Å². The molecule has 1 aliphatic rings. The molecule has 2 heterocycles. The van der Waals surface area contributed by atoms with E-state index in [0.29, 0.717) is 12.4 Å². The molecule has 1 saturated carbocycles. The number of fused-ring (bicyclic) bond motifs is 1. The first kappa shape index (κ1) is 24.5. The van der Waals surface area contributed by atoms with Gasteiger partial charge in [-0.1, -0.05) is 62.7 Å². The Balaban J connectivity index is 0.000000356. The highest BCUT2D eigenvalue weighted by Crippen LogP contribution is 2.34. The second-order valence-corrected chi connectivity index (χ2v) is 9.51. The fourth-order valence-electron chi connectivity index (χ4n) is 4.93. The molecule has 0 spiro atoms. The molecular formula is C29H35N5O. The molecule has 6 nitrogen and oxygen atoms in total. The molecule has 1 fully saturated rings. The summed E-state index contributed by atoms with van der Waals surface area (Å²) in [6.07, 6.45) is 7.86. The van der Waals surface area contributed by atoms with Crippen LogP contribution >= 0.6 is 0 Å². The van der Waals surface area contributed by atoms with E-state index in [0.717, 1.165) is 50.8 Å². The van der Waals surface area contributed by atoms with Gasteiger partial charge in [0.05, 0.1) is 23.3 Å². The number of rotatable bonds is 5. The summed E-state index contributed by atoms with van der Waals surface area (Å²) >= 11 is 0. The Bertz CT molecular complexity index is 1360. The number of nitrogens with one attached hydrogen (secondary N) is 1. The summed E-state index contributed by atoms with van der Waals surface area (Å²) in [6.45, 7) is 9.00. The summed E-state index contributed by atoms with van der Waals surface area (Å²) < 4.78 is 1.75. The molecule has 0 atom stereocenters. The zero-order chi connectivity index (χ0) is 24.9. The molecule has 0 amide bonds. The third kappa shape index (κ3) is 5.37. The van der Waals surface area contributed by atoms with Gasteiger partial charge in [0.1, 0.15) is 12.1 Å². The molecule has 1 aliphatic carbocycles. The molecule has 182 valence electrons. The van der Waals surface area contributed by atoms with Crippen molar-refractivity contribution in [3.8, 4) is 0 Å². The topological polar surface area (TPSA) is 89.6 Å². The van der Waals surface area contributed by atoms with E-state index in [-0.39, 0.29) is 5.69 Å². The number of hydrogen-bond acceptors (Lipinski definition) is 4. The Morgan fingerprint density at radius 1 is 1.17 bits per heavy atom. The number of H-pyrrole nitrogens is 1. The van der Waals surface area contributed by atoms with Gasteiger partial charge in [-0.3, -0.25) is 4.57 Å². The number of nitrogen functional groups attached to an aromatic ring is 1. The van der Waals surface area contributed by atoms with E-state index < -0.39 is 0 Å². The van der Waals surface area contributed by atoms with Gasteiger partial charge in [0.15, 0.2) is 0 Å². The van der Waals surface area contributed by atoms with Crippen molar-refractivity contribution in [2.24, 2.45) is 11.8 Å². The lowest BCUT2D eigenvalue weighted by Gasteiger charge is -2.31. The van der Waals surface area contributed by atoms with Gasteiger partial charge >= 0.3 is 5.69 Å². The van der Waals surface area contributed by atoms with Gasteiger partial charge in [-0.05, 0) is 67.4 Å². The van der Waals surface area contributed by atoms with Crippen LogP contribution in [-0.4, -0.2) is 19.5 Å². The van der Waals surface area contributed by atoms with Crippen molar-refractivity contribution in [1.29, 1.82) is 0 Å². The van der Waals surface area contributed by atoms with E-state index in [2.05, 4.69) is 28.8 Å². The molecule has 0 aliphatic heterocycles. The lowest BCUT2D eigenvalue weighted by Crippen LogP contribution is -2.19. The number of benzene rings is 2. The van der Waals surface area contributed by atoms with Crippen molar-refractivity contribution in [2.75, 3.05) is 5.73 Å². The lowest BCUT2D eigenvalue weighted by molar-refractivity contribution is 0.206. The van der Waals surface area contributed by atoms with Crippen molar-refractivity contribution in [3.63, 3.8) is 0 Å². The number of nitrogens with zero attached hydrogens (tertiary/aromatic N) is 3. The number of anilines is 1. The van der Waals surface area contributed by atoms with Crippen LogP contribution in [0.25, 0.3) is 16.6 Å². The highest BCUT2D eigenvalue weighted by Gasteiger charge is 2.22. The van der Waals surface area contributed by atoms with Crippen LogP contribution in [0.4, 0.5) is 5.82 Å². The minimum Gasteiger partial charge on any atom is -0.383 e. The lowest BCUT2D eigenvalue weighted by atomic mass is 9.75. The maximum Gasteiger partial charge on any atom is 0.326 e. The summed E-state index contributed by atoms with van der Waals surface area (Å²) in [5.74, 6) is 2.58. The van der Waals surface area contributed by atoms with Crippen LogP contribution in [0.5, 0.6) is 0 Å². The third-order valence-electron chi connectivity index (χ3n) is 6.94. The number of allylic oxidation sites excluding steroid dienone is 1. The monoisotopic (exact) mass is 469 g/mol. The third-order valence-corrected chi connectivity index (χ3v) is 6.94. The van der Waals surface area contributed by atoms with Crippen LogP contribution < -0.4 is 11.4 Å². The summed E-state index contributed by atoms with van der Waals surface area (Å²) in [5, 5.41) is 0. The number of aryl methyl sites for hydroxylation is 1. The van der Waals surface area contributed by atoms with Crippen molar-refractivity contribution in [3.05, 3.63) is 93.8 Å². The van der Waals surface area contributed by atoms with Gasteiger partial charge in [-0.25, -0.2) is 14.8 Å². The zero-order valence-electron chi connectivity index (χ0n) is 21.1. The van der Waals surface area contributed by atoms with Gasteiger partial charge in [-0.2, -0.15) is 0 Å². The minimum atomic E-state index is -0.128. The van der Waals surface area contributed by atoms with Crippen molar-refractivity contribution < 1.29 is 0 Å². The SMILES string of the molecule is C/C=C(/c1ccc2[nH]c(=O)n(Cc3ccccc3)c2c1)c1c(C)ncnc1N.CCC1CC(C)C1.